The molecule has 1 atom stereocenters. The molecule has 0 radical (unpaired) electrons. The lowest BCUT2D eigenvalue weighted by molar-refractivity contribution is 0.348. The Hall–Kier alpha value is -1.38. The summed E-state index contributed by atoms with van der Waals surface area (Å²) < 4.78 is 2.84. The van der Waals surface area contributed by atoms with Crippen LogP contribution in [0.5, 0.6) is 0 Å². The first-order chi connectivity index (χ1) is 12.9. The smallest absolute Gasteiger partial charge is 0.120 e. The molecule has 2 rings (SSSR count). The maximum absolute atomic E-state index is 2.84. The standard InChI is InChI=1S/C25H39NSi/c1-6-7-8-9-10-14-21-26(27(3,4)5)25(23-15-12-11-13-16-23)24-19-17-22(2)18-20-24/h11-13,15-20,25H,6-10,14,21H2,1-5H3. The molecule has 0 fully saturated rings. The van der Waals surface area contributed by atoms with Gasteiger partial charge in [0.1, 0.15) is 8.24 Å². The van der Waals surface area contributed by atoms with E-state index in [1.165, 1.54) is 61.8 Å². The fourth-order valence-electron chi connectivity index (χ4n) is 3.85. The zero-order valence-corrected chi connectivity index (χ0v) is 19.2. The zero-order chi connectivity index (χ0) is 19.7. The third kappa shape index (κ3) is 6.93. The summed E-state index contributed by atoms with van der Waals surface area (Å²) in [5, 5.41) is 0. The summed E-state index contributed by atoms with van der Waals surface area (Å²) in [7, 11) is -1.47. The summed E-state index contributed by atoms with van der Waals surface area (Å²) in [6.07, 6.45) is 8.15. The lowest BCUT2D eigenvalue weighted by Gasteiger charge is -2.41. The summed E-state index contributed by atoms with van der Waals surface area (Å²) in [5.41, 5.74) is 4.19. The molecule has 0 saturated heterocycles. The second-order valence-electron chi connectivity index (χ2n) is 8.86. The van der Waals surface area contributed by atoms with Gasteiger partial charge >= 0.3 is 0 Å². The maximum Gasteiger partial charge on any atom is 0.120 e. The van der Waals surface area contributed by atoms with Crippen LogP contribution < -0.4 is 0 Å². The van der Waals surface area contributed by atoms with Gasteiger partial charge in [-0.25, -0.2) is 0 Å². The molecule has 0 aliphatic carbocycles. The molecule has 0 aliphatic heterocycles. The van der Waals surface area contributed by atoms with Gasteiger partial charge < -0.3 is 4.57 Å². The van der Waals surface area contributed by atoms with Crippen molar-refractivity contribution >= 4 is 8.24 Å². The first kappa shape index (κ1) is 21.9. The molecule has 2 heteroatoms. The Kier molecular flexibility index (Phi) is 8.78. The Morgan fingerprint density at radius 3 is 1.89 bits per heavy atom. The quantitative estimate of drug-likeness (QED) is 0.286. The Morgan fingerprint density at radius 1 is 0.741 bits per heavy atom. The third-order valence-corrected chi connectivity index (χ3v) is 7.64. The zero-order valence-electron chi connectivity index (χ0n) is 18.2. The number of benzene rings is 2. The van der Waals surface area contributed by atoms with Crippen LogP contribution in [0.15, 0.2) is 54.6 Å². The highest BCUT2D eigenvalue weighted by Gasteiger charge is 2.32. The topological polar surface area (TPSA) is 3.24 Å². The third-order valence-electron chi connectivity index (χ3n) is 5.43. The SMILES string of the molecule is CCCCCCCCN(C(c1ccccc1)c1ccc(C)cc1)[Si](C)(C)C. The minimum atomic E-state index is -1.47. The van der Waals surface area contributed by atoms with Crippen LogP contribution in [0, 0.1) is 6.92 Å². The fourth-order valence-corrected chi connectivity index (χ4v) is 5.75. The van der Waals surface area contributed by atoms with Crippen LogP contribution in [0.1, 0.15) is 68.2 Å². The normalized spacial score (nSPS) is 13.1. The molecule has 0 saturated carbocycles. The van der Waals surface area contributed by atoms with Crippen molar-refractivity contribution in [2.75, 3.05) is 6.54 Å². The van der Waals surface area contributed by atoms with E-state index >= 15 is 0 Å². The van der Waals surface area contributed by atoms with Gasteiger partial charge in [-0.3, -0.25) is 0 Å². The lowest BCUT2D eigenvalue weighted by Crippen LogP contribution is -2.48. The molecule has 1 nitrogen and oxygen atoms in total. The number of nitrogens with zero attached hydrogens (tertiary/aromatic N) is 1. The molecule has 0 aliphatic rings. The van der Waals surface area contributed by atoms with Crippen LogP contribution in [-0.2, 0) is 0 Å². The van der Waals surface area contributed by atoms with E-state index in [0.29, 0.717) is 6.04 Å². The van der Waals surface area contributed by atoms with Crippen molar-refractivity contribution in [3.8, 4) is 0 Å². The highest BCUT2D eigenvalue weighted by Crippen LogP contribution is 2.33. The maximum atomic E-state index is 2.84. The summed E-state index contributed by atoms with van der Waals surface area (Å²) >= 11 is 0. The predicted octanol–water partition coefficient (Wildman–Crippen LogP) is 7.58. The summed E-state index contributed by atoms with van der Waals surface area (Å²) in [4.78, 5) is 0. The number of unbranched alkanes of at least 4 members (excludes halogenated alkanes) is 5. The van der Waals surface area contributed by atoms with Gasteiger partial charge in [0.15, 0.2) is 0 Å². The second kappa shape index (κ2) is 10.8. The molecular weight excluding hydrogens is 342 g/mol. The van der Waals surface area contributed by atoms with E-state index < -0.39 is 8.24 Å². The van der Waals surface area contributed by atoms with Crippen LogP contribution in [0.4, 0.5) is 0 Å². The molecule has 1 unspecified atom stereocenters. The highest BCUT2D eigenvalue weighted by atomic mass is 28.3. The molecule has 0 amide bonds. The number of hydrogen-bond donors (Lipinski definition) is 0. The van der Waals surface area contributed by atoms with Gasteiger partial charge in [0, 0.05) is 0 Å². The molecule has 2 aromatic carbocycles. The lowest BCUT2D eigenvalue weighted by atomic mass is 9.97. The van der Waals surface area contributed by atoms with Crippen LogP contribution in [0.25, 0.3) is 0 Å². The number of aryl methyl sites for hydroxylation is 1. The van der Waals surface area contributed by atoms with Crippen LogP contribution in [0.2, 0.25) is 19.6 Å². The first-order valence-corrected chi connectivity index (χ1v) is 14.3. The van der Waals surface area contributed by atoms with Crippen LogP contribution >= 0.6 is 0 Å². The monoisotopic (exact) mass is 381 g/mol. The molecule has 2 aromatic rings. The van der Waals surface area contributed by atoms with Crippen LogP contribution in [0.3, 0.4) is 0 Å². The molecule has 27 heavy (non-hydrogen) atoms. The molecule has 0 spiro atoms. The minimum absolute atomic E-state index is 0.370. The van der Waals surface area contributed by atoms with Crippen molar-refractivity contribution < 1.29 is 0 Å². The minimum Gasteiger partial charge on any atom is -0.314 e. The first-order valence-electron chi connectivity index (χ1n) is 10.8. The summed E-state index contributed by atoms with van der Waals surface area (Å²) in [6, 6.07) is 20.7. The summed E-state index contributed by atoms with van der Waals surface area (Å²) in [5.74, 6) is 0. The van der Waals surface area contributed by atoms with E-state index in [9.17, 15) is 0 Å². The van der Waals surface area contributed by atoms with Crippen molar-refractivity contribution in [1.29, 1.82) is 0 Å². The van der Waals surface area contributed by atoms with Gasteiger partial charge in [-0.15, -0.1) is 0 Å². The molecule has 0 bridgehead atoms. The molecule has 0 aromatic heterocycles. The van der Waals surface area contributed by atoms with Gasteiger partial charge in [0.25, 0.3) is 0 Å². The Labute approximate surface area is 168 Å². The van der Waals surface area contributed by atoms with Gasteiger partial charge in [0.05, 0.1) is 6.04 Å². The Bertz CT molecular complexity index is 642. The van der Waals surface area contributed by atoms with Crippen molar-refractivity contribution in [3.05, 3.63) is 71.3 Å². The van der Waals surface area contributed by atoms with E-state index in [4.69, 9.17) is 0 Å². The highest BCUT2D eigenvalue weighted by molar-refractivity contribution is 6.73. The number of rotatable bonds is 11. The fraction of sp³-hybridized carbons (Fsp3) is 0.520. The average molecular weight is 382 g/mol. The predicted molar refractivity (Wildman–Crippen MR) is 123 cm³/mol. The van der Waals surface area contributed by atoms with Crippen molar-refractivity contribution in [1.82, 2.24) is 4.57 Å². The molecular formula is C25H39NSi. The average Bonchev–Trinajstić information content (AvgIpc) is 2.64. The molecule has 0 heterocycles. The Balaban J connectivity index is 2.23. The summed E-state index contributed by atoms with van der Waals surface area (Å²) in [6.45, 7) is 13.2. The van der Waals surface area contributed by atoms with E-state index in [2.05, 4.69) is 92.7 Å². The van der Waals surface area contributed by atoms with E-state index in [1.54, 1.807) is 0 Å². The van der Waals surface area contributed by atoms with Gasteiger partial charge in [-0.1, -0.05) is 119 Å². The van der Waals surface area contributed by atoms with Gasteiger partial charge in [0.2, 0.25) is 0 Å². The van der Waals surface area contributed by atoms with E-state index in [1.807, 2.05) is 0 Å². The van der Waals surface area contributed by atoms with E-state index in [0.717, 1.165) is 0 Å². The number of hydrogen-bond acceptors (Lipinski definition) is 1. The van der Waals surface area contributed by atoms with Gasteiger partial charge in [-0.05, 0) is 31.0 Å². The largest absolute Gasteiger partial charge is 0.314 e. The van der Waals surface area contributed by atoms with Gasteiger partial charge in [-0.2, -0.15) is 0 Å². The van der Waals surface area contributed by atoms with Crippen LogP contribution in [-0.4, -0.2) is 19.3 Å². The Morgan fingerprint density at radius 2 is 1.30 bits per heavy atom. The van der Waals surface area contributed by atoms with Crippen molar-refractivity contribution in [2.45, 2.75) is 78.1 Å². The second-order valence-corrected chi connectivity index (χ2v) is 13.8. The van der Waals surface area contributed by atoms with Crippen molar-refractivity contribution in [2.24, 2.45) is 0 Å². The molecule has 148 valence electrons. The van der Waals surface area contributed by atoms with E-state index in [-0.39, 0.29) is 0 Å². The molecule has 0 N–H and O–H groups in total. The van der Waals surface area contributed by atoms with Crippen molar-refractivity contribution in [3.63, 3.8) is 0 Å².